The molecule has 0 atom stereocenters. The number of unbranched alkanes of at least 4 members (excludes halogenated alkanes) is 2. The molecule has 0 unspecified atom stereocenters. The van der Waals surface area contributed by atoms with E-state index in [0.717, 1.165) is 45.5 Å². The fourth-order valence-corrected chi connectivity index (χ4v) is 6.78. The third-order valence-corrected chi connectivity index (χ3v) is 11.3. The largest absolute Gasteiger partial charge is 0.508 e. The van der Waals surface area contributed by atoms with Crippen LogP contribution in [0.5, 0.6) is 0 Å². The molecule has 17 heteroatoms. The van der Waals surface area contributed by atoms with Crippen molar-refractivity contribution in [3.8, 4) is 0 Å². The Bertz CT molecular complexity index is 2020. The summed E-state index contributed by atoms with van der Waals surface area (Å²) in [7, 11) is 0. The lowest BCUT2D eigenvalue weighted by Gasteiger charge is -2.29. The van der Waals surface area contributed by atoms with Crippen molar-refractivity contribution in [2.75, 3.05) is 79.3 Å². The number of ether oxygens (including phenoxy) is 10. The van der Waals surface area contributed by atoms with Crippen molar-refractivity contribution >= 4 is 42.0 Å². The first-order chi connectivity index (χ1) is 34.8. The van der Waals surface area contributed by atoms with Crippen LogP contribution in [0.3, 0.4) is 0 Å². The normalized spacial score (nSPS) is 11.7. The second-order valence-corrected chi connectivity index (χ2v) is 21.5. The highest BCUT2D eigenvalue weighted by Crippen LogP contribution is 2.25. The zero-order chi connectivity index (χ0) is 55.4. The van der Waals surface area contributed by atoms with Gasteiger partial charge in [0.05, 0.1) is 91.8 Å². The van der Waals surface area contributed by atoms with Crippen molar-refractivity contribution < 1.29 is 80.9 Å². The number of benzene rings is 2. The van der Waals surface area contributed by atoms with E-state index in [4.69, 9.17) is 47.4 Å². The van der Waals surface area contributed by atoms with E-state index in [9.17, 15) is 33.6 Å². The summed E-state index contributed by atoms with van der Waals surface area (Å²) in [6, 6.07) is 10.9. The van der Waals surface area contributed by atoms with E-state index in [1.807, 2.05) is 93.5 Å². The Morgan fingerprint density at radius 2 is 0.649 bits per heavy atom. The van der Waals surface area contributed by atoms with E-state index in [-0.39, 0.29) is 105 Å². The van der Waals surface area contributed by atoms with Gasteiger partial charge in [0.2, 0.25) is 0 Å². The fraction of sp³-hybridized carbons (Fsp3) is 0.596. The van der Waals surface area contributed by atoms with Gasteiger partial charge in [-0.2, -0.15) is 0 Å². The molecule has 2 aromatic carbocycles. The number of carbonyl (C=O) groups is 7. The average Bonchev–Trinajstić information content (AvgIpc) is 3.33. The van der Waals surface area contributed by atoms with Crippen molar-refractivity contribution in [3.63, 3.8) is 0 Å². The third kappa shape index (κ3) is 27.8. The van der Waals surface area contributed by atoms with Crippen LogP contribution >= 0.6 is 0 Å². The van der Waals surface area contributed by atoms with Gasteiger partial charge in [-0.3, -0.25) is 19.2 Å². The molecule has 74 heavy (non-hydrogen) atoms. The first-order valence-electron chi connectivity index (χ1n) is 25.1. The number of hydrogen-bond acceptors (Lipinski definition) is 17. The molecule has 0 spiro atoms. The maximum Gasteiger partial charge on any atom is 0.508 e. The molecule has 0 radical (unpaired) electrons. The second kappa shape index (κ2) is 32.3. The summed E-state index contributed by atoms with van der Waals surface area (Å²) in [4.78, 5) is 85.6. The Balaban J connectivity index is 1.67. The lowest BCUT2D eigenvalue weighted by molar-refractivity contribution is -0.148. The molecule has 412 valence electrons. The van der Waals surface area contributed by atoms with Gasteiger partial charge in [0.25, 0.3) is 0 Å². The minimum atomic E-state index is -0.818. The van der Waals surface area contributed by atoms with Crippen LogP contribution in [-0.4, -0.2) is 121 Å². The molecule has 0 heterocycles. The van der Waals surface area contributed by atoms with Crippen LogP contribution in [0.2, 0.25) is 0 Å². The van der Waals surface area contributed by atoms with Crippen LogP contribution in [0.1, 0.15) is 114 Å². The van der Waals surface area contributed by atoms with Crippen LogP contribution < -0.4 is 0 Å². The Labute approximate surface area is 438 Å². The number of carbonyl (C=O) groups excluding carboxylic acids is 7. The van der Waals surface area contributed by atoms with Gasteiger partial charge >= 0.3 is 42.0 Å². The Kier molecular flexibility index (Phi) is 27.9. The van der Waals surface area contributed by atoms with E-state index in [2.05, 4.69) is 13.2 Å². The zero-order valence-corrected chi connectivity index (χ0v) is 45.6. The lowest BCUT2D eigenvalue weighted by Crippen LogP contribution is -2.34. The first kappa shape index (κ1) is 64.0. The minimum Gasteiger partial charge on any atom is -0.465 e. The van der Waals surface area contributed by atoms with E-state index in [1.165, 1.54) is 0 Å². The average molecular weight is 1040 g/mol. The molecular formula is C57H82O17. The summed E-state index contributed by atoms with van der Waals surface area (Å²) in [6.45, 7) is 27.9. The molecule has 0 fully saturated rings. The van der Waals surface area contributed by atoms with Gasteiger partial charge in [0.1, 0.15) is 13.2 Å². The Hall–Kier alpha value is -6.07. The summed E-state index contributed by atoms with van der Waals surface area (Å²) in [5, 5.41) is 0. The predicted octanol–water partition coefficient (Wildman–Crippen LogP) is 8.66. The molecule has 0 aromatic heterocycles. The standard InChI is InChI=1S/C57H82O17/c1-13-47(58)67-25-15-17-27-69-49(60)29-43-21-19-23-45(41(43)3)31-51(62)71-37-54(5,6)33-65-35-56(9,10)39-73-53(64)74-40-57(11,12)36-66-34-55(7,8)38-72-52(63)32-46-24-20-22-44(42(46)4)30-50(61)70-28-18-16-26-68-48(59)14-2/h13-14,19-24H,1-2,15-18,25-40H2,3-12H3. The monoisotopic (exact) mass is 1040 g/mol. The van der Waals surface area contributed by atoms with Crippen LogP contribution in [0.25, 0.3) is 0 Å². The van der Waals surface area contributed by atoms with Gasteiger partial charge in [0.15, 0.2) is 0 Å². The SMILES string of the molecule is C=CC(=O)OCCCCOC(=O)Cc1cccc(CC(=O)OCC(C)(C)COCC(C)(C)COC(=O)OCC(C)(C)COCC(C)(C)COC(=O)Cc2cccc(CC(=O)OCCCCOC(=O)C=C)c2C)c1C. The molecule has 2 rings (SSSR count). The topological polar surface area (TPSA) is 212 Å². The van der Waals surface area contributed by atoms with Gasteiger partial charge in [-0.05, 0) is 72.9 Å². The molecule has 17 nitrogen and oxygen atoms in total. The lowest BCUT2D eigenvalue weighted by atomic mass is 9.94. The highest BCUT2D eigenvalue weighted by molar-refractivity contribution is 5.81. The molecule has 0 amide bonds. The molecule has 0 saturated heterocycles. The predicted molar refractivity (Wildman–Crippen MR) is 276 cm³/mol. The summed E-state index contributed by atoms with van der Waals surface area (Å²) < 4.78 is 54.7. The zero-order valence-electron chi connectivity index (χ0n) is 45.6. The highest BCUT2D eigenvalue weighted by Gasteiger charge is 2.29. The van der Waals surface area contributed by atoms with E-state index >= 15 is 0 Å². The van der Waals surface area contributed by atoms with Crippen LogP contribution in [0.15, 0.2) is 61.7 Å². The quantitative estimate of drug-likeness (QED) is 0.0270. The third-order valence-electron chi connectivity index (χ3n) is 11.3. The first-order valence-corrected chi connectivity index (χ1v) is 25.1. The van der Waals surface area contributed by atoms with Crippen LogP contribution in [-0.2, 0) is 102 Å². The summed E-state index contributed by atoms with van der Waals surface area (Å²) in [5.74, 6) is -2.59. The highest BCUT2D eigenvalue weighted by atomic mass is 16.7. The van der Waals surface area contributed by atoms with Crippen molar-refractivity contribution in [2.45, 2.75) is 121 Å². The summed E-state index contributed by atoms with van der Waals surface area (Å²) >= 11 is 0. The second-order valence-electron chi connectivity index (χ2n) is 21.5. The van der Waals surface area contributed by atoms with E-state index < -0.39 is 63.6 Å². The van der Waals surface area contributed by atoms with Crippen molar-refractivity contribution in [3.05, 3.63) is 95.1 Å². The molecule has 0 N–H and O–H groups in total. The molecule has 2 aromatic rings. The van der Waals surface area contributed by atoms with Gasteiger partial charge < -0.3 is 47.4 Å². The fourth-order valence-electron chi connectivity index (χ4n) is 6.78. The van der Waals surface area contributed by atoms with Gasteiger partial charge in [-0.25, -0.2) is 14.4 Å². The number of esters is 6. The smallest absolute Gasteiger partial charge is 0.465 e. The molecule has 0 aliphatic rings. The van der Waals surface area contributed by atoms with Crippen molar-refractivity contribution in [2.24, 2.45) is 21.7 Å². The van der Waals surface area contributed by atoms with Gasteiger partial charge in [-0.15, -0.1) is 0 Å². The Morgan fingerprint density at radius 3 is 0.932 bits per heavy atom. The summed E-state index contributed by atoms with van der Waals surface area (Å²) in [5.41, 5.74) is 2.48. The number of hydrogen-bond donors (Lipinski definition) is 0. The molecule has 0 saturated carbocycles. The molecule has 0 aliphatic carbocycles. The maximum atomic E-state index is 12.9. The molecule has 0 bridgehead atoms. The van der Waals surface area contributed by atoms with Gasteiger partial charge in [0, 0.05) is 33.8 Å². The molecule has 0 aliphatic heterocycles. The maximum absolute atomic E-state index is 12.9. The van der Waals surface area contributed by atoms with Crippen molar-refractivity contribution in [1.82, 2.24) is 0 Å². The number of rotatable bonds is 36. The molecular weight excluding hydrogens is 957 g/mol. The van der Waals surface area contributed by atoms with Gasteiger partial charge in [-0.1, -0.05) is 105 Å². The van der Waals surface area contributed by atoms with Crippen LogP contribution in [0.4, 0.5) is 4.79 Å². The summed E-state index contributed by atoms with van der Waals surface area (Å²) in [6.07, 6.45) is 3.75. The van der Waals surface area contributed by atoms with Crippen LogP contribution in [0, 0.1) is 35.5 Å². The Morgan fingerprint density at radius 1 is 0.392 bits per heavy atom. The minimum absolute atomic E-state index is 0.0316. The van der Waals surface area contributed by atoms with Crippen molar-refractivity contribution in [1.29, 1.82) is 0 Å². The van der Waals surface area contributed by atoms with E-state index in [0.29, 0.717) is 25.7 Å². The van der Waals surface area contributed by atoms with E-state index in [1.54, 1.807) is 12.1 Å².